The quantitative estimate of drug-likeness (QED) is 0.273. The molecule has 4 aromatic rings. The number of nitro benzene ring substituents is 1. The number of amides is 1. The molecule has 172 valence electrons. The van der Waals surface area contributed by atoms with Crippen molar-refractivity contribution >= 4 is 22.5 Å². The van der Waals surface area contributed by atoms with E-state index < -0.39 is 4.92 Å². The van der Waals surface area contributed by atoms with E-state index in [1.54, 1.807) is 12.1 Å². The maximum absolute atomic E-state index is 13.2. The van der Waals surface area contributed by atoms with Gasteiger partial charge in [0.15, 0.2) is 0 Å². The van der Waals surface area contributed by atoms with Crippen LogP contribution in [0.4, 0.5) is 5.69 Å². The van der Waals surface area contributed by atoms with Crippen molar-refractivity contribution in [3.63, 3.8) is 0 Å². The van der Waals surface area contributed by atoms with E-state index in [9.17, 15) is 14.9 Å². The maximum atomic E-state index is 13.2. The number of benzene rings is 3. The summed E-state index contributed by atoms with van der Waals surface area (Å²) in [5, 5.41) is 12.2. The molecule has 7 heteroatoms. The normalized spacial score (nSPS) is 14.3. The molecule has 1 saturated heterocycles. The Kier molecular flexibility index (Phi) is 5.99. The molecule has 1 atom stereocenters. The average Bonchev–Trinajstić information content (AvgIpc) is 3.53. The molecule has 0 spiro atoms. The van der Waals surface area contributed by atoms with Crippen molar-refractivity contribution < 1.29 is 14.5 Å². The van der Waals surface area contributed by atoms with Crippen LogP contribution in [0.5, 0.6) is 11.5 Å². The molecular weight excluding hydrogens is 430 g/mol. The SMILES string of the molecule is O=C(C[C@@H](c1cccc(Oc2ccccc2)c1)c1c[nH]c2ccc([N+](=O)[O-])cc12)N1CCCC1. The highest BCUT2D eigenvalue weighted by Crippen LogP contribution is 2.37. The molecule has 1 amide bonds. The number of nitro groups is 1. The lowest BCUT2D eigenvalue weighted by atomic mass is 9.87. The molecule has 1 aromatic heterocycles. The first-order chi connectivity index (χ1) is 16.6. The first-order valence-electron chi connectivity index (χ1n) is 11.4. The van der Waals surface area contributed by atoms with Crippen LogP contribution in [0.3, 0.4) is 0 Å². The smallest absolute Gasteiger partial charge is 0.270 e. The van der Waals surface area contributed by atoms with Crippen molar-refractivity contribution in [1.29, 1.82) is 0 Å². The Morgan fingerprint density at radius 2 is 1.76 bits per heavy atom. The van der Waals surface area contributed by atoms with Crippen molar-refractivity contribution in [3.8, 4) is 11.5 Å². The average molecular weight is 456 g/mol. The number of non-ortho nitro benzene ring substituents is 1. The molecule has 0 saturated carbocycles. The first kappa shape index (κ1) is 21.7. The minimum absolute atomic E-state index is 0.0270. The molecule has 2 heterocycles. The monoisotopic (exact) mass is 455 g/mol. The van der Waals surface area contributed by atoms with Gasteiger partial charge in [-0.3, -0.25) is 14.9 Å². The molecule has 5 rings (SSSR count). The molecule has 7 nitrogen and oxygen atoms in total. The van der Waals surface area contributed by atoms with E-state index in [-0.39, 0.29) is 23.9 Å². The third-order valence-electron chi connectivity index (χ3n) is 6.36. The third kappa shape index (κ3) is 4.50. The highest BCUT2D eigenvalue weighted by atomic mass is 16.6. The number of H-pyrrole nitrogens is 1. The van der Waals surface area contributed by atoms with Crippen LogP contribution in [0, 0.1) is 10.1 Å². The Bertz CT molecular complexity index is 1330. The van der Waals surface area contributed by atoms with Gasteiger partial charge < -0.3 is 14.6 Å². The van der Waals surface area contributed by atoms with Gasteiger partial charge in [-0.15, -0.1) is 0 Å². The zero-order valence-corrected chi connectivity index (χ0v) is 18.6. The minimum atomic E-state index is -0.394. The highest BCUT2D eigenvalue weighted by molar-refractivity contribution is 5.87. The number of rotatable bonds is 7. The van der Waals surface area contributed by atoms with Gasteiger partial charge in [0.25, 0.3) is 5.69 Å². The van der Waals surface area contributed by atoms with E-state index in [1.165, 1.54) is 6.07 Å². The molecular formula is C27H25N3O4. The molecule has 1 aliphatic rings. The zero-order chi connectivity index (χ0) is 23.5. The Balaban J connectivity index is 1.55. The summed E-state index contributed by atoms with van der Waals surface area (Å²) >= 11 is 0. The standard InChI is InChI=1S/C27H25N3O4/c31-27(29-13-4-5-14-29)17-23(25-18-28-26-12-11-20(30(32)33)16-24(25)26)19-7-6-10-22(15-19)34-21-8-2-1-3-9-21/h1-3,6-12,15-16,18,23,28H,4-5,13-14,17H2/t23-/m0/s1. The zero-order valence-electron chi connectivity index (χ0n) is 18.6. The van der Waals surface area contributed by atoms with Crippen LogP contribution in [0.2, 0.25) is 0 Å². The number of hydrogen-bond donors (Lipinski definition) is 1. The van der Waals surface area contributed by atoms with Crippen LogP contribution >= 0.6 is 0 Å². The van der Waals surface area contributed by atoms with Crippen LogP contribution in [0.25, 0.3) is 10.9 Å². The first-order valence-corrected chi connectivity index (χ1v) is 11.4. The lowest BCUT2D eigenvalue weighted by molar-refractivity contribution is -0.384. The number of para-hydroxylation sites is 1. The number of aromatic nitrogens is 1. The van der Waals surface area contributed by atoms with Crippen molar-refractivity contribution in [2.24, 2.45) is 0 Å². The Morgan fingerprint density at radius 3 is 2.53 bits per heavy atom. The van der Waals surface area contributed by atoms with Gasteiger partial charge in [0.2, 0.25) is 5.91 Å². The van der Waals surface area contributed by atoms with E-state index in [2.05, 4.69) is 4.98 Å². The summed E-state index contributed by atoms with van der Waals surface area (Å²) in [5.74, 6) is 1.22. The number of carbonyl (C=O) groups excluding carboxylic acids is 1. The number of likely N-dealkylation sites (tertiary alicyclic amines) is 1. The van der Waals surface area contributed by atoms with Gasteiger partial charge in [-0.25, -0.2) is 0 Å². The van der Waals surface area contributed by atoms with Crippen LogP contribution in [0.1, 0.15) is 36.3 Å². The Hall–Kier alpha value is -4.13. The van der Waals surface area contributed by atoms with E-state index in [0.29, 0.717) is 5.75 Å². The molecule has 1 N–H and O–H groups in total. The Morgan fingerprint density at radius 1 is 1.00 bits per heavy atom. The summed E-state index contributed by atoms with van der Waals surface area (Å²) in [4.78, 5) is 29.3. The molecule has 0 radical (unpaired) electrons. The highest BCUT2D eigenvalue weighted by Gasteiger charge is 2.26. The second-order valence-electron chi connectivity index (χ2n) is 8.56. The fourth-order valence-electron chi connectivity index (χ4n) is 4.63. The summed E-state index contributed by atoms with van der Waals surface area (Å²) in [6, 6.07) is 22.0. The van der Waals surface area contributed by atoms with E-state index in [0.717, 1.165) is 53.7 Å². The van der Waals surface area contributed by atoms with Crippen LogP contribution < -0.4 is 4.74 Å². The number of fused-ring (bicyclic) bond motifs is 1. The number of aromatic amines is 1. The van der Waals surface area contributed by atoms with Gasteiger partial charge >= 0.3 is 0 Å². The fourth-order valence-corrected chi connectivity index (χ4v) is 4.63. The van der Waals surface area contributed by atoms with Crippen LogP contribution in [0.15, 0.2) is 79.0 Å². The van der Waals surface area contributed by atoms with Crippen molar-refractivity contribution in [2.45, 2.75) is 25.2 Å². The topological polar surface area (TPSA) is 88.5 Å². The van der Waals surface area contributed by atoms with Crippen molar-refractivity contribution in [3.05, 3.63) is 100 Å². The number of carbonyl (C=O) groups is 1. The van der Waals surface area contributed by atoms with Gasteiger partial charge in [0.1, 0.15) is 11.5 Å². The van der Waals surface area contributed by atoms with Gasteiger partial charge in [-0.05, 0) is 54.3 Å². The lowest BCUT2D eigenvalue weighted by Crippen LogP contribution is -2.29. The van der Waals surface area contributed by atoms with Gasteiger partial charge in [0.05, 0.1) is 4.92 Å². The molecule has 1 fully saturated rings. The van der Waals surface area contributed by atoms with Gasteiger partial charge in [-0.1, -0.05) is 30.3 Å². The molecule has 34 heavy (non-hydrogen) atoms. The third-order valence-corrected chi connectivity index (χ3v) is 6.36. The van der Waals surface area contributed by atoms with Gasteiger partial charge in [0, 0.05) is 54.7 Å². The number of hydrogen-bond acceptors (Lipinski definition) is 4. The second-order valence-corrected chi connectivity index (χ2v) is 8.56. The predicted molar refractivity (Wildman–Crippen MR) is 130 cm³/mol. The predicted octanol–water partition coefficient (Wildman–Crippen LogP) is 6.01. The van der Waals surface area contributed by atoms with Crippen molar-refractivity contribution in [2.75, 3.05) is 13.1 Å². The Labute approximate surface area is 197 Å². The van der Waals surface area contributed by atoms with Gasteiger partial charge in [-0.2, -0.15) is 0 Å². The minimum Gasteiger partial charge on any atom is -0.457 e. The summed E-state index contributed by atoms with van der Waals surface area (Å²) in [7, 11) is 0. The number of ether oxygens (including phenoxy) is 1. The molecule has 3 aromatic carbocycles. The number of nitrogens with one attached hydrogen (secondary N) is 1. The van der Waals surface area contributed by atoms with E-state index >= 15 is 0 Å². The number of nitrogens with zero attached hydrogens (tertiary/aromatic N) is 2. The maximum Gasteiger partial charge on any atom is 0.270 e. The summed E-state index contributed by atoms with van der Waals surface area (Å²) in [5.41, 5.74) is 2.62. The summed E-state index contributed by atoms with van der Waals surface area (Å²) in [6.45, 7) is 1.56. The molecule has 0 aliphatic carbocycles. The van der Waals surface area contributed by atoms with Crippen LogP contribution in [-0.4, -0.2) is 33.8 Å². The molecule has 1 aliphatic heterocycles. The summed E-state index contributed by atoms with van der Waals surface area (Å²) in [6.07, 6.45) is 4.19. The van der Waals surface area contributed by atoms with E-state index in [1.807, 2.05) is 65.7 Å². The lowest BCUT2D eigenvalue weighted by Gasteiger charge is -2.22. The van der Waals surface area contributed by atoms with E-state index in [4.69, 9.17) is 4.74 Å². The molecule has 0 bridgehead atoms. The largest absolute Gasteiger partial charge is 0.457 e. The van der Waals surface area contributed by atoms with Crippen molar-refractivity contribution in [1.82, 2.24) is 9.88 Å². The fraction of sp³-hybridized carbons (Fsp3) is 0.222. The summed E-state index contributed by atoms with van der Waals surface area (Å²) < 4.78 is 6.04. The molecule has 0 unspecified atom stereocenters. The van der Waals surface area contributed by atoms with Crippen LogP contribution in [-0.2, 0) is 4.79 Å². The second kappa shape index (κ2) is 9.39.